The minimum atomic E-state index is 0. The molecule has 3 rings (SSSR count). The van der Waals surface area contributed by atoms with Crippen LogP contribution in [0.5, 0.6) is 5.75 Å². The molecule has 0 aliphatic carbocycles. The Morgan fingerprint density at radius 2 is 1.73 bits per heavy atom. The van der Waals surface area contributed by atoms with Gasteiger partial charge in [0.1, 0.15) is 18.9 Å². The van der Waals surface area contributed by atoms with Gasteiger partial charge in [-0.15, -0.1) is 24.0 Å². The Morgan fingerprint density at radius 1 is 1.03 bits per heavy atom. The Morgan fingerprint density at radius 3 is 2.47 bits per heavy atom. The summed E-state index contributed by atoms with van der Waals surface area (Å²) >= 11 is 0. The van der Waals surface area contributed by atoms with Gasteiger partial charge in [-0.3, -0.25) is 4.79 Å². The van der Waals surface area contributed by atoms with E-state index < -0.39 is 0 Å². The van der Waals surface area contributed by atoms with E-state index in [0.717, 1.165) is 49.4 Å². The zero-order chi connectivity index (χ0) is 20.3. The number of carbonyl (C=O) groups excluding carboxylic acids is 1. The zero-order valence-corrected chi connectivity index (χ0v) is 19.8. The summed E-state index contributed by atoms with van der Waals surface area (Å²) in [5, 5.41) is 6.42. The molecule has 1 aliphatic rings. The number of rotatable bonds is 8. The van der Waals surface area contributed by atoms with Crippen LogP contribution in [0.15, 0.2) is 59.6 Å². The van der Waals surface area contributed by atoms with Crippen LogP contribution in [-0.2, 0) is 4.79 Å². The van der Waals surface area contributed by atoms with Crippen molar-refractivity contribution in [2.45, 2.75) is 19.8 Å². The number of carbonyl (C=O) groups is 1. The van der Waals surface area contributed by atoms with Gasteiger partial charge in [0.05, 0.1) is 6.54 Å². The maximum absolute atomic E-state index is 12.2. The van der Waals surface area contributed by atoms with Crippen LogP contribution in [0.4, 0.5) is 0 Å². The molecule has 0 atom stereocenters. The topological polar surface area (TPSA) is 66.0 Å². The van der Waals surface area contributed by atoms with Crippen molar-refractivity contribution in [3.8, 4) is 16.9 Å². The molecule has 1 heterocycles. The third-order valence-electron chi connectivity index (χ3n) is 4.80. The lowest BCUT2D eigenvalue weighted by Crippen LogP contribution is -2.40. The molecule has 0 aromatic heterocycles. The van der Waals surface area contributed by atoms with Crippen molar-refractivity contribution in [1.29, 1.82) is 0 Å². The number of benzene rings is 2. The van der Waals surface area contributed by atoms with Crippen molar-refractivity contribution in [1.82, 2.24) is 15.5 Å². The van der Waals surface area contributed by atoms with Crippen molar-refractivity contribution in [2.75, 3.05) is 39.3 Å². The van der Waals surface area contributed by atoms with Crippen LogP contribution in [0.1, 0.15) is 19.8 Å². The highest BCUT2D eigenvalue weighted by molar-refractivity contribution is 14.0. The summed E-state index contributed by atoms with van der Waals surface area (Å²) < 4.78 is 6.01. The van der Waals surface area contributed by atoms with Crippen molar-refractivity contribution in [3.63, 3.8) is 0 Å². The molecule has 30 heavy (non-hydrogen) atoms. The predicted molar refractivity (Wildman–Crippen MR) is 133 cm³/mol. The van der Waals surface area contributed by atoms with Gasteiger partial charge in [-0.25, -0.2) is 4.99 Å². The molecular weight excluding hydrogens is 491 g/mol. The van der Waals surface area contributed by atoms with Crippen LogP contribution in [0.2, 0.25) is 0 Å². The summed E-state index contributed by atoms with van der Waals surface area (Å²) in [5.41, 5.74) is 2.20. The molecule has 1 fully saturated rings. The van der Waals surface area contributed by atoms with Crippen molar-refractivity contribution in [3.05, 3.63) is 54.6 Å². The van der Waals surface area contributed by atoms with Crippen LogP contribution in [0.25, 0.3) is 11.1 Å². The number of para-hydroxylation sites is 1. The van der Waals surface area contributed by atoms with Crippen molar-refractivity contribution >= 4 is 35.8 Å². The molecule has 7 heteroatoms. The molecule has 1 aliphatic heterocycles. The monoisotopic (exact) mass is 522 g/mol. The molecule has 2 aromatic carbocycles. The number of hydrogen-bond donors (Lipinski definition) is 2. The van der Waals surface area contributed by atoms with E-state index in [1.807, 2.05) is 48.2 Å². The minimum absolute atomic E-state index is 0. The molecule has 162 valence electrons. The number of guanidine groups is 1. The van der Waals surface area contributed by atoms with E-state index >= 15 is 0 Å². The maximum Gasteiger partial charge on any atom is 0.244 e. The normalized spacial score (nSPS) is 13.5. The van der Waals surface area contributed by atoms with E-state index in [2.05, 4.69) is 33.8 Å². The Balaban J connectivity index is 0.00000320. The number of likely N-dealkylation sites (tertiary alicyclic amines) is 1. The van der Waals surface area contributed by atoms with E-state index in [1.54, 1.807) is 0 Å². The van der Waals surface area contributed by atoms with Gasteiger partial charge in [-0.2, -0.15) is 0 Å². The lowest BCUT2D eigenvalue weighted by molar-refractivity contribution is -0.128. The molecule has 0 spiro atoms. The number of nitrogens with zero attached hydrogens (tertiary/aromatic N) is 2. The SMILES string of the molecule is CCNC(=NCC(=O)N1CCCC1)NCCOc1ccccc1-c1ccccc1.I. The molecule has 0 bridgehead atoms. The van der Waals surface area contributed by atoms with Crippen LogP contribution < -0.4 is 15.4 Å². The second-order valence-electron chi connectivity index (χ2n) is 6.92. The fraction of sp³-hybridized carbons (Fsp3) is 0.391. The molecule has 0 unspecified atom stereocenters. The third-order valence-corrected chi connectivity index (χ3v) is 4.80. The van der Waals surface area contributed by atoms with Gasteiger partial charge in [0.25, 0.3) is 0 Å². The quantitative estimate of drug-likeness (QED) is 0.241. The van der Waals surface area contributed by atoms with E-state index in [9.17, 15) is 4.79 Å². The Bertz CT molecular complexity index is 808. The number of ether oxygens (including phenoxy) is 1. The summed E-state index contributed by atoms with van der Waals surface area (Å²) in [7, 11) is 0. The van der Waals surface area contributed by atoms with Gasteiger partial charge in [0.2, 0.25) is 5.91 Å². The van der Waals surface area contributed by atoms with Gasteiger partial charge in [0.15, 0.2) is 5.96 Å². The summed E-state index contributed by atoms with van der Waals surface area (Å²) in [6.45, 7) is 5.71. The first kappa shape index (κ1) is 24.0. The first-order chi connectivity index (χ1) is 14.3. The second kappa shape index (κ2) is 13.1. The lowest BCUT2D eigenvalue weighted by atomic mass is 10.1. The second-order valence-corrected chi connectivity index (χ2v) is 6.92. The van der Waals surface area contributed by atoms with E-state index in [1.165, 1.54) is 0 Å². The highest BCUT2D eigenvalue weighted by atomic mass is 127. The number of aliphatic imine (C=N–C) groups is 1. The number of halogens is 1. The predicted octanol–water partition coefficient (Wildman–Crippen LogP) is 3.53. The van der Waals surface area contributed by atoms with Gasteiger partial charge < -0.3 is 20.3 Å². The molecule has 1 saturated heterocycles. The maximum atomic E-state index is 12.2. The molecule has 6 nitrogen and oxygen atoms in total. The minimum Gasteiger partial charge on any atom is -0.491 e. The first-order valence-corrected chi connectivity index (χ1v) is 10.3. The van der Waals surface area contributed by atoms with Gasteiger partial charge in [0, 0.05) is 25.2 Å². The molecule has 2 N–H and O–H groups in total. The fourth-order valence-corrected chi connectivity index (χ4v) is 3.33. The van der Waals surface area contributed by atoms with Crippen LogP contribution in [0, 0.1) is 0 Å². The summed E-state index contributed by atoms with van der Waals surface area (Å²) in [6, 6.07) is 18.2. The molecule has 2 aromatic rings. The Hall–Kier alpha value is -2.29. The van der Waals surface area contributed by atoms with Gasteiger partial charge in [-0.05, 0) is 31.4 Å². The third kappa shape index (κ3) is 7.19. The molecule has 0 saturated carbocycles. The van der Waals surface area contributed by atoms with E-state index in [-0.39, 0.29) is 36.4 Å². The Kier molecular flexibility index (Phi) is 10.5. The molecule has 1 amide bonds. The number of amides is 1. The fourth-order valence-electron chi connectivity index (χ4n) is 3.33. The molecule has 0 radical (unpaired) electrons. The summed E-state index contributed by atoms with van der Waals surface area (Å²) in [5.74, 6) is 1.58. The van der Waals surface area contributed by atoms with E-state index in [0.29, 0.717) is 19.1 Å². The average Bonchev–Trinajstić information content (AvgIpc) is 3.31. The lowest BCUT2D eigenvalue weighted by Gasteiger charge is -2.16. The van der Waals surface area contributed by atoms with Crippen molar-refractivity contribution in [2.24, 2.45) is 4.99 Å². The van der Waals surface area contributed by atoms with E-state index in [4.69, 9.17) is 4.74 Å². The average molecular weight is 522 g/mol. The molecular formula is C23H31IN4O2. The van der Waals surface area contributed by atoms with Crippen LogP contribution in [-0.4, -0.2) is 56.1 Å². The highest BCUT2D eigenvalue weighted by Gasteiger charge is 2.17. The first-order valence-electron chi connectivity index (χ1n) is 10.3. The summed E-state index contributed by atoms with van der Waals surface area (Å²) in [6.07, 6.45) is 2.19. The van der Waals surface area contributed by atoms with Crippen LogP contribution >= 0.6 is 24.0 Å². The number of nitrogens with one attached hydrogen (secondary N) is 2. The summed E-state index contributed by atoms with van der Waals surface area (Å²) in [4.78, 5) is 18.5. The Labute approximate surface area is 196 Å². The van der Waals surface area contributed by atoms with Gasteiger partial charge >= 0.3 is 0 Å². The smallest absolute Gasteiger partial charge is 0.244 e. The highest BCUT2D eigenvalue weighted by Crippen LogP contribution is 2.29. The zero-order valence-electron chi connectivity index (χ0n) is 17.5. The van der Waals surface area contributed by atoms with Crippen molar-refractivity contribution < 1.29 is 9.53 Å². The largest absolute Gasteiger partial charge is 0.491 e. The van der Waals surface area contributed by atoms with Gasteiger partial charge in [-0.1, -0.05) is 48.5 Å². The van der Waals surface area contributed by atoms with Crippen LogP contribution in [0.3, 0.4) is 0 Å². The standard InChI is InChI=1S/C23H30N4O2.HI/c1-2-24-23(26-18-22(28)27-15-8-9-16-27)25-14-17-29-21-13-7-6-12-20(21)19-10-4-3-5-11-19;/h3-7,10-13H,2,8-9,14-18H2,1H3,(H2,24,25,26);1H. The number of hydrogen-bond acceptors (Lipinski definition) is 3.